The van der Waals surface area contributed by atoms with Crippen molar-refractivity contribution in [2.75, 3.05) is 5.73 Å². The largest absolute Gasteiger partial charge is 1.00 e. The van der Waals surface area contributed by atoms with Crippen molar-refractivity contribution in [1.29, 1.82) is 0 Å². The number of benzene rings is 1. The summed E-state index contributed by atoms with van der Waals surface area (Å²) >= 11 is 5.83. The maximum absolute atomic E-state index is 12.7. The van der Waals surface area contributed by atoms with Gasteiger partial charge in [0.25, 0.3) is 5.82 Å². The molecule has 1 aromatic carbocycles. The first-order valence-electron chi connectivity index (χ1n) is 5.50. The lowest BCUT2D eigenvalue weighted by Crippen LogP contribution is -3.00. The van der Waals surface area contributed by atoms with Gasteiger partial charge in [0.15, 0.2) is 5.78 Å². The van der Waals surface area contributed by atoms with Crippen LogP contribution in [0.25, 0.3) is 6.20 Å². The highest BCUT2D eigenvalue weighted by Gasteiger charge is 2.05. The normalized spacial score (nSPS) is 10.3. The first-order valence-corrected chi connectivity index (χ1v) is 5.88. The van der Waals surface area contributed by atoms with Crippen molar-refractivity contribution in [3.8, 4) is 0 Å². The second kappa shape index (κ2) is 7.03. The van der Waals surface area contributed by atoms with Crippen LogP contribution in [0, 0.1) is 5.82 Å². The molecule has 1 aromatic heterocycles. The van der Waals surface area contributed by atoms with E-state index in [1.165, 1.54) is 41.1 Å². The van der Waals surface area contributed by atoms with Crippen LogP contribution in [0.4, 0.5) is 10.2 Å². The molecule has 0 aliphatic heterocycles. The van der Waals surface area contributed by atoms with Gasteiger partial charge in [-0.25, -0.2) is 8.96 Å². The number of ketones is 1. The summed E-state index contributed by atoms with van der Waals surface area (Å²) < 4.78 is 14.3. The molecule has 0 saturated heterocycles. The summed E-state index contributed by atoms with van der Waals surface area (Å²) in [6, 6.07) is 8.62. The number of halogens is 3. The summed E-state index contributed by atoms with van der Waals surface area (Å²) in [6.45, 7) is 0. The average molecular weight is 313 g/mol. The summed E-state index contributed by atoms with van der Waals surface area (Å²) in [5.74, 6) is -0.173. The fraction of sp³-hybridized carbons (Fsp3) is 0. The van der Waals surface area contributed by atoms with Crippen LogP contribution in [-0.2, 0) is 0 Å². The molecule has 20 heavy (non-hydrogen) atoms. The van der Waals surface area contributed by atoms with E-state index in [0.29, 0.717) is 16.4 Å². The molecule has 0 bridgehead atoms. The van der Waals surface area contributed by atoms with Crippen LogP contribution in [0.3, 0.4) is 0 Å². The third-order valence-corrected chi connectivity index (χ3v) is 2.71. The van der Waals surface area contributed by atoms with Crippen LogP contribution in [0.5, 0.6) is 0 Å². The fourth-order valence-corrected chi connectivity index (χ4v) is 1.66. The van der Waals surface area contributed by atoms with Gasteiger partial charge in [0, 0.05) is 17.7 Å². The molecular formula is C14H11Cl2FN2O. The van der Waals surface area contributed by atoms with Crippen LogP contribution in [0.1, 0.15) is 10.4 Å². The number of hydrogen-bond donors (Lipinski definition) is 1. The Balaban J connectivity index is 0.00000200. The van der Waals surface area contributed by atoms with Crippen molar-refractivity contribution < 1.29 is 26.2 Å². The summed E-state index contributed by atoms with van der Waals surface area (Å²) in [7, 11) is 0. The minimum Gasteiger partial charge on any atom is -1.00 e. The van der Waals surface area contributed by atoms with Gasteiger partial charge in [-0.1, -0.05) is 11.6 Å². The SMILES string of the molecule is Nc1ccc(Cl)c[n+]1C=CC(=O)c1ccc(F)cc1.[Cl-]. The molecule has 104 valence electrons. The first kappa shape index (κ1) is 16.1. The van der Waals surface area contributed by atoms with Crippen molar-refractivity contribution in [2.24, 2.45) is 0 Å². The van der Waals surface area contributed by atoms with Gasteiger partial charge in [-0.2, -0.15) is 0 Å². The quantitative estimate of drug-likeness (QED) is 0.481. The van der Waals surface area contributed by atoms with Crippen molar-refractivity contribution in [3.05, 3.63) is 65.1 Å². The Morgan fingerprint density at radius 2 is 1.85 bits per heavy atom. The lowest BCUT2D eigenvalue weighted by molar-refractivity contribution is -0.552. The van der Waals surface area contributed by atoms with Gasteiger partial charge in [0.05, 0.1) is 11.2 Å². The molecule has 1 heterocycles. The highest BCUT2D eigenvalue weighted by Crippen LogP contribution is 2.07. The molecule has 0 unspecified atom stereocenters. The Morgan fingerprint density at radius 3 is 2.50 bits per heavy atom. The van der Waals surface area contributed by atoms with E-state index >= 15 is 0 Å². The van der Waals surface area contributed by atoms with Gasteiger partial charge in [0.1, 0.15) is 12.0 Å². The standard InChI is InChI=1S/C14H10ClFN2O.ClH/c15-11-3-6-14(17)18(9-11)8-7-13(19)10-1-4-12(16)5-2-10;/h1-9,17H;1H. The molecule has 0 spiro atoms. The van der Waals surface area contributed by atoms with Crippen molar-refractivity contribution in [3.63, 3.8) is 0 Å². The van der Waals surface area contributed by atoms with Gasteiger partial charge in [0.2, 0.25) is 0 Å². The number of nitrogen functional groups attached to an aromatic ring is 1. The molecular weight excluding hydrogens is 302 g/mol. The van der Waals surface area contributed by atoms with Gasteiger partial charge in [-0.3, -0.25) is 10.5 Å². The van der Waals surface area contributed by atoms with E-state index in [9.17, 15) is 9.18 Å². The molecule has 0 radical (unpaired) electrons. The van der Waals surface area contributed by atoms with E-state index in [1.807, 2.05) is 0 Å². The van der Waals surface area contributed by atoms with Gasteiger partial charge in [-0.05, 0) is 30.3 Å². The van der Waals surface area contributed by atoms with Crippen LogP contribution in [0.2, 0.25) is 5.02 Å². The highest BCUT2D eigenvalue weighted by molar-refractivity contribution is 6.30. The Kier molecular flexibility index (Phi) is 5.67. The van der Waals surface area contributed by atoms with Crippen LogP contribution >= 0.6 is 11.6 Å². The van der Waals surface area contributed by atoms with E-state index in [4.69, 9.17) is 17.3 Å². The van der Waals surface area contributed by atoms with E-state index in [0.717, 1.165) is 0 Å². The number of aromatic nitrogens is 1. The van der Waals surface area contributed by atoms with E-state index in [1.54, 1.807) is 18.3 Å². The Morgan fingerprint density at radius 1 is 1.20 bits per heavy atom. The number of carbonyl (C=O) groups is 1. The minimum atomic E-state index is -0.381. The number of rotatable bonds is 3. The zero-order valence-corrected chi connectivity index (χ0v) is 11.8. The van der Waals surface area contributed by atoms with E-state index in [2.05, 4.69) is 0 Å². The molecule has 3 nitrogen and oxygen atoms in total. The first-order chi connectivity index (χ1) is 9.06. The molecule has 0 atom stereocenters. The molecule has 0 aliphatic rings. The summed E-state index contributed by atoms with van der Waals surface area (Å²) in [6.07, 6.45) is 4.44. The molecule has 0 fully saturated rings. The Labute approximate surface area is 126 Å². The molecule has 2 aromatic rings. The second-order valence-corrected chi connectivity index (χ2v) is 4.30. The number of carbonyl (C=O) groups excluding carboxylic acids is 1. The topological polar surface area (TPSA) is 47.0 Å². The molecule has 0 amide bonds. The smallest absolute Gasteiger partial charge is 0.277 e. The van der Waals surface area contributed by atoms with Crippen LogP contribution < -0.4 is 22.7 Å². The number of nitrogens with two attached hydrogens (primary N) is 1. The molecule has 2 N–H and O–H groups in total. The summed E-state index contributed by atoms with van der Waals surface area (Å²) in [5.41, 5.74) is 6.13. The number of hydrogen-bond acceptors (Lipinski definition) is 2. The van der Waals surface area contributed by atoms with Crippen LogP contribution in [-0.4, -0.2) is 5.78 Å². The second-order valence-electron chi connectivity index (χ2n) is 3.87. The third kappa shape index (κ3) is 4.05. The molecule has 2 rings (SSSR count). The fourth-order valence-electron chi connectivity index (χ4n) is 1.49. The minimum absolute atomic E-state index is 0. The predicted octanol–water partition coefficient (Wildman–Crippen LogP) is -0.294. The Hall–Kier alpha value is -1.91. The van der Waals surface area contributed by atoms with E-state index < -0.39 is 0 Å². The summed E-state index contributed by atoms with van der Waals surface area (Å²) in [5, 5.41) is 0.507. The number of anilines is 1. The molecule has 6 heteroatoms. The number of pyridine rings is 1. The molecule has 0 saturated carbocycles. The number of allylic oxidation sites excluding steroid dienone is 1. The number of nitrogens with zero attached hydrogens (tertiary/aromatic N) is 1. The maximum Gasteiger partial charge on any atom is 0.277 e. The van der Waals surface area contributed by atoms with Crippen LogP contribution in [0.15, 0.2) is 48.7 Å². The monoisotopic (exact) mass is 312 g/mol. The Bertz CT molecular complexity index is 642. The van der Waals surface area contributed by atoms with Crippen molar-refractivity contribution in [2.45, 2.75) is 0 Å². The zero-order chi connectivity index (χ0) is 13.8. The lowest BCUT2D eigenvalue weighted by atomic mass is 10.1. The molecule has 0 aliphatic carbocycles. The predicted molar refractivity (Wildman–Crippen MR) is 72.1 cm³/mol. The van der Waals surface area contributed by atoms with Gasteiger partial charge in [-0.15, -0.1) is 0 Å². The average Bonchev–Trinajstić information content (AvgIpc) is 2.40. The van der Waals surface area contributed by atoms with Crippen molar-refractivity contribution >= 4 is 29.4 Å². The zero-order valence-electron chi connectivity index (χ0n) is 10.3. The van der Waals surface area contributed by atoms with E-state index in [-0.39, 0.29) is 24.0 Å². The highest BCUT2D eigenvalue weighted by atomic mass is 35.5. The third-order valence-electron chi connectivity index (χ3n) is 2.49. The van der Waals surface area contributed by atoms with Crippen molar-refractivity contribution in [1.82, 2.24) is 0 Å². The van der Waals surface area contributed by atoms with Gasteiger partial charge < -0.3 is 12.4 Å². The van der Waals surface area contributed by atoms with Gasteiger partial charge >= 0.3 is 0 Å². The lowest BCUT2D eigenvalue weighted by Gasteiger charge is -1.97. The summed E-state index contributed by atoms with van der Waals surface area (Å²) in [4.78, 5) is 11.8. The maximum atomic E-state index is 12.7.